The minimum atomic E-state index is 0.320. The van der Waals surface area contributed by atoms with Gasteiger partial charge in [-0.3, -0.25) is 0 Å². The molecule has 0 aromatic heterocycles. The Labute approximate surface area is 89.3 Å². The van der Waals surface area contributed by atoms with Crippen molar-refractivity contribution in [2.75, 3.05) is 26.7 Å². The van der Waals surface area contributed by atoms with Crippen molar-refractivity contribution in [3.8, 4) is 0 Å². The van der Waals surface area contributed by atoms with Gasteiger partial charge in [-0.05, 0) is 26.4 Å². The van der Waals surface area contributed by atoms with E-state index >= 15 is 0 Å². The van der Waals surface area contributed by atoms with Gasteiger partial charge in [0, 0.05) is 13.2 Å². The van der Waals surface area contributed by atoms with Gasteiger partial charge < -0.3 is 10.0 Å². The molecule has 2 heteroatoms. The summed E-state index contributed by atoms with van der Waals surface area (Å²) >= 11 is 0. The Morgan fingerprint density at radius 2 is 1.43 bits per heavy atom. The summed E-state index contributed by atoms with van der Waals surface area (Å²) in [5, 5.41) is 8.66. The van der Waals surface area contributed by atoms with Crippen LogP contribution in [0, 0.1) is 0 Å². The Balaban J connectivity index is 3.02. The van der Waals surface area contributed by atoms with Gasteiger partial charge in [-0.25, -0.2) is 0 Å². The van der Waals surface area contributed by atoms with Crippen molar-refractivity contribution in [3.05, 3.63) is 0 Å². The van der Waals surface area contributed by atoms with Gasteiger partial charge in [-0.15, -0.1) is 0 Å². The molecular weight excluding hydrogens is 174 g/mol. The van der Waals surface area contributed by atoms with Gasteiger partial charge in [0.05, 0.1) is 0 Å². The molecule has 1 N–H and O–H groups in total. The Bertz CT molecular complexity index is 106. The molecule has 0 radical (unpaired) electrons. The van der Waals surface area contributed by atoms with Crippen molar-refractivity contribution in [1.82, 2.24) is 4.90 Å². The second kappa shape index (κ2) is 11.0. The first-order chi connectivity index (χ1) is 6.81. The SMILES string of the molecule is CCCCCCCCN(C)CCCO. The summed E-state index contributed by atoms with van der Waals surface area (Å²) in [5.74, 6) is 0. The summed E-state index contributed by atoms with van der Waals surface area (Å²) < 4.78 is 0. The highest BCUT2D eigenvalue weighted by Gasteiger charge is 1.96. The minimum Gasteiger partial charge on any atom is -0.396 e. The van der Waals surface area contributed by atoms with Gasteiger partial charge in [0.25, 0.3) is 0 Å². The van der Waals surface area contributed by atoms with Gasteiger partial charge in [0.1, 0.15) is 0 Å². The lowest BCUT2D eigenvalue weighted by Crippen LogP contribution is -2.21. The highest BCUT2D eigenvalue weighted by Crippen LogP contribution is 2.05. The quantitative estimate of drug-likeness (QED) is 0.549. The average Bonchev–Trinajstić information content (AvgIpc) is 2.20. The van der Waals surface area contributed by atoms with Crippen LogP contribution in [0.3, 0.4) is 0 Å². The summed E-state index contributed by atoms with van der Waals surface area (Å²) in [6, 6.07) is 0. The van der Waals surface area contributed by atoms with E-state index in [1.807, 2.05) is 0 Å². The molecule has 0 fully saturated rings. The number of rotatable bonds is 10. The molecular formula is C12H27NO. The summed E-state index contributed by atoms with van der Waals surface area (Å²) in [4.78, 5) is 2.32. The van der Waals surface area contributed by atoms with Crippen molar-refractivity contribution >= 4 is 0 Å². The number of hydrogen-bond acceptors (Lipinski definition) is 2. The molecule has 0 aromatic carbocycles. The summed E-state index contributed by atoms with van der Waals surface area (Å²) in [7, 11) is 2.14. The van der Waals surface area contributed by atoms with Crippen LogP contribution < -0.4 is 0 Å². The number of hydrogen-bond donors (Lipinski definition) is 1. The van der Waals surface area contributed by atoms with E-state index in [2.05, 4.69) is 18.9 Å². The largest absolute Gasteiger partial charge is 0.396 e. The molecule has 14 heavy (non-hydrogen) atoms. The topological polar surface area (TPSA) is 23.5 Å². The summed E-state index contributed by atoms with van der Waals surface area (Å²) in [5.41, 5.74) is 0. The zero-order valence-corrected chi connectivity index (χ0v) is 9.97. The fourth-order valence-corrected chi connectivity index (χ4v) is 1.61. The lowest BCUT2D eigenvalue weighted by atomic mass is 10.1. The van der Waals surface area contributed by atoms with Crippen LogP contribution in [0.4, 0.5) is 0 Å². The molecule has 0 aromatic rings. The van der Waals surface area contributed by atoms with Crippen molar-refractivity contribution in [3.63, 3.8) is 0 Å². The van der Waals surface area contributed by atoms with E-state index in [-0.39, 0.29) is 0 Å². The molecule has 0 aliphatic heterocycles. The monoisotopic (exact) mass is 201 g/mol. The first-order valence-electron chi connectivity index (χ1n) is 6.10. The Kier molecular flexibility index (Phi) is 10.9. The maximum Gasteiger partial charge on any atom is 0.0443 e. The molecule has 2 nitrogen and oxygen atoms in total. The van der Waals surface area contributed by atoms with E-state index in [9.17, 15) is 0 Å². The maximum absolute atomic E-state index is 8.66. The van der Waals surface area contributed by atoms with E-state index in [1.54, 1.807) is 0 Å². The number of aliphatic hydroxyl groups is 1. The molecule has 0 atom stereocenters. The molecule has 0 spiro atoms. The predicted octanol–water partition coefficient (Wildman–Crippen LogP) is 2.66. The third kappa shape index (κ3) is 10.0. The number of aliphatic hydroxyl groups excluding tert-OH is 1. The lowest BCUT2D eigenvalue weighted by molar-refractivity contribution is 0.245. The number of nitrogens with zero attached hydrogens (tertiary/aromatic N) is 1. The van der Waals surface area contributed by atoms with Crippen LogP contribution in [0.25, 0.3) is 0 Å². The molecule has 0 aliphatic carbocycles. The second-order valence-electron chi connectivity index (χ2n) is 4.15. The average molecular weight is 201 g/mol. The van der Waals surface area contributed by atoms with Crippen molar-refractivity contribution in [2.45, 2.75) is 51.9 Å². The summed E-state index contributed by atoms with van der Waals surface area (Å²) in [6.07, 6.45) is 9.09. The third-order valence-corrected chi connectivity index (χ3v) is 2.59. The summed E-state index contributed by atoms with van der Waals surface area (Å²) in [6.45, 7) is 4.79. The van der Waals surface area contributed by atoms with Crippen molar-refractivity contribution in [1.29, 1.82) is 0 Å². The van der Waals surface area contributed by atoms with E-state index in [0.29, 0.717) is 6.61 Å². The fraction of sp³-hybridized carbons (Fsp3) is 1.00. The van der Waals surface area contributed by atoms with Crippen LogP contribution in [0.5, 0.6) is 0 Å². The van der Waals surface area contributed by atoms with Crippen LogP contribution in [-0.2, 0) is 0 Å². The molecule has 0 bridgehead atoms. The Morgan fingerprint density at radius 1 is 0.857 bits per heavy atom. The predicted molar refractivity (Wildman–Crippen MR) is 62.6 cm³/mol. The molecule has 0 saturated carbocycles. The highest BCUT2D eigenvalue weighted by molar-refractivity contribution is 4.52. The van der Waals surface area contributed by atoms with E-state index in [1.165, 1.54) is 45.1 Å². The van der Waals surface area contributed by atoms with E-state index < -0.39 is 0 Å². The molecule has 0 heterocycles. The first-order valence-corrected chi connectivity index (χ1v) is 6.10. The highest BCUT2D eigenvalue weighted by atomic mass is 16.3. The fourth-order valence-electron chi connectivity index (χ4n) is 1.61. The van der Waals surface area contributed by atoms with Gasteiger partial charge in [0.15, 0.2) is 0 Å². The minimum absolute atomic E-state index is 0.320. The van der Waals surface area contributed by atoms with Crippen molar-refractivity contribution < 1.29 is 5.11 Å². The zero-order valence-electron chi connectivity index (χ0n) is 9.97. The van der Waals surface area contributed by atoms with Gasteiger partial charge >= 0.3 is 0 Å². The Morgan fingerprint density at radius 3 is 2.07 bits per heavy atom. The molecule has 0 aliphatic rings. The molecule has 0 rings (SSSR count). The first kappa shape index (κ1) is 13.9. The standard InChI is InChI=1S/C12H27NO/c1-3-4-5-6-7-8-10-13(2)11-9-12-14/h14H,3-12H2,1-2H3. The van der Waals surface area contributed by atoms with Gasteiger partial charge in [0.2, 0.25) is 0 Å². The van der Waals surface area contributed by atoms with Crippen LogP contribution in [0.15, 0.2) is 0 Å². The second-order valence-corrected chi connectivity index (χ2v) is 4.15. The smallest absolute Gasteiger partial charge is 0.0443 e. The van der Waals surface area contributed by atoms with E-state index in [4.69, 9.17) is 5.11 Å². The molecule has 0 amide bonds. The molecule has 0 saturated heterocycles. The number of unbranched alkanes of at least 4 members (excludes halogenated alkanes) is 5. The molecule has 86 valence electrons. The van der Waals surface area contributed by atoms with Crippen molar-refractivity contribution in [2.24, 2.45) is 0 Å². The third-order valence-electron chi connectivity index (χ3n) is 2.59. The zero-order chi connectivity index (χ0) is 10.6. The van der Waals surface area contributed by atoms with Crippen LogP contribution in [-0.4, -0.2) is 36.8 Å². The Hall–Kier alpha value is -0.0800. The van der Waals surface area contributed by atoms with E-state index in [0.717, 1.165) is 13.0 Å². The molecule has 0 unspecified atom stereocenters. The lowest BCUT2D eigenvalue weighted by Gasteiger charge is -2.15. The van der Waals surface area contributed by atoms with Crippen LogP contribution in [0.1, 0.15) is 51.9 Å². The normalized spacial score (nSPS) is 11.1. The van der Waals surface area contributed by atoms with Crippen LogP contribution in [0.2, 0.25) is 0 Å². The van der Waals surface area contributed by atoms with Gasteiger partial charge in [-0.1, -0.05) is 39.0 Å². The van der Waals surface area contributed by atoms with Crippen LogP contribution >= 0.6 is 0 Å². The maximum atomic E-state index is 8.66. The van der Waals surface area contributed by atoms with Gasteiger partial charge in [-0.2, -0.15) is 0 Å².